The third-order valence-electron chi connectivity index (χ3n) is 4.25. The molecular weight excluding hydrogens is 312 g/mol. The number of amides is 1. The van der Waals surface area contributed by atoms with Crippen molar-refractivity contribution in [1.29, 1.82) is 0 Å². The Morgan fingerprint density at radius 2 is 2.04 bits per heavy atom. The first-order chi connectivity index (χ1) is 10.8. The Labute approximate surface area is 143 Å². The molecule has 1 saturated heterocycles. The normalized spacial score (nSPS) is 17.3. The zero-order valence-electron chi connectivity index (χ0n) is 13.3. The fourth-order valence-electron chi connectivity index (χ4n) is 2.92. The first-order valence-corrected chi connectivity index (χ1v) is 7.81. The molecule has 1 amide bonds. The van der Waals surface area contributed by atoms with Crippen LogP contribution in [0.2, 0.25) is 0 Å². The summed E-state index contributed by atoms with van der Waals surface area (Å²) in [4.78, 5) is 12.2. The van der Waals surface area contributed by atoms with Crippen LogP contribution in [-0.4, -0.2) is 26.1 Å². The molecule has 0 unspecified atom stereocenters. The van der Waals surface area contributed by atoms with Gasteiger partial charge in [0.05, 0.1) is 13.0 Å². The first kappa shape index (κ1) is 17.6. The number of carbonyl (C=O) groups is 1. The van der Waals surface area contributed by atoms with E-state index in [0.717, 1.165) is 48.0 Å². The monoisotopic (exact) mass is 334 g/mol. The number of hydrogen-bond donors (Lipinski definition) is 2. The van der Waals surface area contributed by atoms with Crippen molar-refractivity contribution in [2.24, 2.45) is 5.92 Å². The second-order valence-corrected chi connectivity index (χ2v) is 5.81. The average Bonchev–Trinajstić information content (AvgIpc) is 2.59. The minimum Gasteiger partial charge on any atom is -0.497 e. The Balaban J connectivity index is 0.00000192. The summed E-state index contributed by atoms with van der Waals surface area (Å²) in [6.45, 7) is 2.40. The quantitative estimate of drug-likeness (QED) is 0.904. The molecule has 1 heterocycles. The van der Waals surface area contributed by atoms with Crippen molar-refractivity contribution >= 4 is 29.1 Å². The highest BCUT2D eigenvalue weighted by atomic mass is 35.5. The summed E-state index contributed by atoms with van der Waals surface area (Å²) in [6, 6.07) is 12.3. The molecular formula is C18H23ClN2O2. The van der Waals surface area contributed by atoms with Crippen LogP contribution in [0.15, 0.2) is 36.4 Å². The summed E-state index contributed by atoms with van der Waals surface area (Å²) in [6.07, 6.45) is 2.06. The third-order valence-corrected chi connectivity index (χ3v) is 4.25. The van der Waals surface area contributed by atoms with E-state index < -0.39 is 0 Å². The van der Waals surface area contributed by atoms with Gasteiger partial charge in [0.1, 0.15) is 5.75 Å². The Hall–Kier alpha value is -1.78. The molecule has 0 bridgehead atoms. The second kappa shape index (κ2) is 8.18. The molecule has 0 saturated carbocycles. The molecule has 0 radical (unpaired) electrons. The lowest BCUT2D eigenvalue weighted by atomic mass is 9.98. The van der Waals surface area contributed by atoms with E-state index in [4.69, 9.17) is 4.74 Å². The molecule has 2 N–H and O–H groups in total. The lowest BCUT2D eigenvalue weighted by Crippen LogP contribution is -2.40. The molecule has 2 aromatic rings. The molecule has 2 aromatic carbocycles. The van der Waals surface area contributed by atoms with Crippen LogP contribution >= 0.6 is 12.4 Å². The lowest BCUT2D eigenvalue weighted by molar-refractivity contribution is -0.125. The van der Waals surface area contributed by atoms with E-state index in [1.54, 1.807) is 7.11 Å². The van der Waals surface area contributed by atoms with Crippen LogP contribution in [-0.2, 0) is 11.3 Å². The van der Waals surface area contributed by atoms with Crippen molar-refractivity contribution in [1.82, 2.24) is 10.6 Å². The third kappa shape index (κ3) is 4.36. The lowest BCUT2D eigenvalue weighted by Gasteiger charge is -2.21. The van der Waals surface area contributed by atoms with Crippen molar-refractivity contribution in [2.75, 3.05) is 20.2 Å². The number of ether oxygens (including phenoxy) is 1. The molecule has 1 aliphatic heterocycles. The van der Waals surface area contributed by atoms with E-state index in [0.29, 0.717) is 6.54 Å². The molecule has 1 fully saturated rings. The molecule has 124 valence electrons. The van der Waals surface area contributed by atoms with Crippen LogP contribution in [0.25, 0.3) is 10.8 Å². The smallest absolute Gasteiger partial charge is 0.224 e. The molecule has 0 spiro atoms. The fourth-order valence-corrected chi connectivity index (χ4v) is 2.92. The van der Waals surface area contributed by atoms with Gasteiger partial charge in [0.25, 0.3) is 0 Å². The Morgan fingerprint density at radius 3 is 2.78 bits per heavy atom. The van der Waals surface area contributed by atoms with Crippen LogP contribution in [0, 0.1) is 5.92 Å². The highest BCUT2D eigenvalue weighted by Crippen LogP contribution is 2.22. The minimum absolute atomic E-state index is 0. The minimum atomic E-state index is 0. The molecule has 0 aromatic heterocycles. The largest absolute Gasteiger partial charge is 0.497 e. The summed E-state index contributed by atoms with van der Waals surface area (Å²) in [5.74, 6) is 1.12. The van der Waals surface area contributed by atoms with Gasteiger partial charge < -0.3 is 15.4 Å². The molecule has 23 heavy (non-hydrogen) atoms. The van der Waals surface area contributed by atoms with E-state index in [-0.39, 0.29) is 24.2 Å². The molecule has 4 nitrogen and oxygen atoms in total. The predicted octanol–water partition coefficient (Wildman–Crippen LogP) is 2.89. The maximum absolute atomic E-state index is 12.2. The van der Waals surface area contributed by atoms with Gasteiger partial charge in [-0.15, -0.1) is 12.4 Å². The number of benzene rings is 2. The SMILES string of the molecule is COc1ccc2cc(CNC(=O)[C@@H]3CCCNC3)ccc2c1.Cl. The Kier molecular flexibility index (Phi) is 6.25. The molecule has 1 atom stereocenters. The topological polar surface area (TPSA) is 50.4 Å². The first-order valence-electron chi connectivity index (χ1n) is 7.81. The number of fused-ring (bicyclic) bond motifs is 1. The van der Waals surface area contributed by atoms with Crippen molar-refractivity contribution in [3.8, 4) is 5.75 Å². The van der Waals surface area contributed by atoms with Gasteiger partial charge in [0.2, 0.25) is 5.91 Å². The van der Waals surface area contributed by atoms with Gasteiger partial charge in [-0.25, -0.2) is 0 Å². The summed E-state index contributed by atoms with van der Waals surface area (Å²) < 4.78 is 5.24. The van der Waals surface area contributed by atoms with Crippen molar-refractivity contribution < 1.29 is 9.53 Å². The summed E-state index contributed by atoms with van der Waals surface area (Å²) in [7, 11) is 1.67. The maximum atomic E-state index is 12.2. The van der Waals surface area contributed by atoms with E-state index in [1.165, 1.54) is 0 Å². The number of rotatable bonds is 4. The zero-order valence-corrected chi connectivity index (χ0v) is 14.1. The van der Waals surface area contributed by atoms with Crippen LogP contribution in [0.4, 0.5) is 0 Å². The van der Waals surface area contributed by atoms with E-state index in [2.05, 4.69) is 28.8 Å². The number of nitrogens with one attached hydrogen (secondary N) is 2. The predicted molar refractivity (Wildman–Crippen MR) is 95.2 cm³/mol. The number of hydrogen-bond acceptors (Lipinski definition) is 3. The number of piperidine rings is 1. The van der Waals surface area contributed by atoms with Gasteiger partial charge >= 0.3 is 0 Å². The van der Waals surface area contributed by atoms with Gasteiger partial charge in [0, 0.05) is 13.1 Å². The van der Waals surface area contributed by atoms with Gasteiger partial charge in [-0.1, -0.05) is 18.2 Å². The number of halogens is 1. The molecule has 5 heteroatoms. The Bertz CT molecular complexity index is 669. The molecule has 3 rings (SSSR count). The van der Waals surface area contributed by atoms with Crippen molar-refractivity contribution in [2.45, 2.75) is 19.4 Å². The number of carbonyl (C=O) groups excluding carboxylic acids is 1. The van der Waals surface area contributed by atoms with Gasteiger partial charge in [0.15, 0.2) is 0 Å². The van der Waals surface area contributed by atoms with Crippen LogP contribution < -0.4 is 15.4 Å². The number of methoxy groups -OCH3 is 1. The van der Waals surface area contributed by atoms with E-state index in [1.807, 2.05) is 18.2 Å². The summed E-state index contributed by atoms with van der Waals surface area (Å²) in [5, 5.41) is 8.63. The highest BCUT2D eigenvalue weighted by molar-refractivity contribution is 5.85. The average molecular weight is 335 g/mol. The van der Waals surface area contributed by atoms with Gasteiger partial charge in [-0.2, -0.15) is 0 Å². The van der Waals surface area contributed by atoms with Gasteiger partial charge in [-0.3, -0.25) is 4.79 Å². The van der Waals surface area contributed by atoms with Crippen LogP contribution in [0.3, 0.4) is 0 Å². The van der Waals surface area contributed by atoms with Gasteiger partial charge in [-0.05, 0) is 53.9 Å². The maximum Gasteiger partial charge on any atom is 0.224 e. The standard InChI is InChI=1S/C18H22N2O2.ClH/c1-22-17-7-6-14-9-13(4-5-15(14)10-17)11-20-18(21)16-3-2-8-19-12-16;/h4-7,9-10,16,19H,2-3,8,11-12H2,1H3,(H,20,21);1H/t16-;/m1./s1. The van der Waals surface area contributed by atoms with Crippen LogP contribution in [0.5, 0.6) is 5.75 Å². The summed E-state index contributed by atoms with van der Waals surface area (Å²) >= 11 is 0. The fraction of sp³-hybridized carbons (Fsp3) is 0.389. The van der Waals surface area contributed by atoms with Crippen LogP contribution in [0.1, 0.15) is 18.4 Å². The highest BCUT2D eigenvalue weighted by Gasteiger charge is 2.20. The Morgan fingerprint density at radius 1 is 1.26 bits per heavy atom. The molecule has 1 aliphatic rings. The van der Waals surface area contributed by atoms with Crippen molar-refractivity contribution in [3.05, 3.63) is 42.0 Å². The zero-order chi connectivity index (χ0) is 15.4. The second-order valence-electron chi connectivity index (χ2n) is 5.81. The van der Waals surface area contributed by atoms with Crippen molar-refractivity contribution in [3.63, 3.8) is 0 Å². The molecule has 0 aliphatic carbocycles. The van der Waals surface area contributed by atoms with E-state index in [9.17, 15) is 4.79 Å². The summed E-state index contributed by atoms with van der Waals surface area (Å²) in [5.41, 5.74) is 1.12. The van der Waals surface area contributed by atoms with E-state index >= 15 is 0 Å².